The lowest BCUT2D eigenvalue weighted by atomic mass is 10.1. The molecule has 1 heterocycles. The van der Waals surface area contributed by atoms with Gasteiger partial charge in [0.2, 0.25) is 0 Å². The molecule has 1 aliphatic rings. The molecule has 2 aromatic rings. The fourth-order valence-electron chi connectivity index (χ4n) is 2.83. The molecule has 1 aliphatic carbocycles. The molecule has 0 unspecified atom stereocenters. The highest BCUT2D eigenvalue weighted by atomic mass is 15.0. The summed E-state index contributed by atoms with van der Waals surface area (Å²) in [5.41, 5.74) is 2.79. The first-order chi connectivity index (χ1) is 10.4. The van der Waals surface area contributed by atoms with Gasteiger partial charge in [-0.25, -0.2) is 0 Å². The summed E-state index contributed by atoms with van der Waals surface area (Å²) in [4.78, 5) is 0. The van der Waals surface area contributed by atoms with Crippen molar-refractivity contribution in [2.75, 3.05) is 0 Å². The van der Waals surface area contributed by atoms with Gasteiger partial charge in [0, 0.05) is 30.8 Å². The van der Waals surface area contributed by atoms with Gasteiger partial charge in [-0.1, -0.05) is 24.6 Å². The third-order valence-electron chi connectivity index (χ3n) is 4.32. The Morgan fingerprint density at radius 2 is 2.10 bits per heavy atom. The number of unbranched alkanes of at least 4 members (excludes halogenated alkanes) is 3. The normalized spacial score (nSPS) is 14.7. The summed E-state index contributed by atoms with van der Waals surface area (Å²) >= 11 is 0. The van der Waals surface area contributed by atoms with E-state index in [0.29, 0.717) is 0 Å². The van der Waals surface area contributed by atoms with E-state index in [0.717, 1.165) is 25.6 Å². The molecule has 0 bridgehead atoms. The summed E-state index contributed by atoms with van der Waals surface area (Å²) in [6.45, 7) is 5.91. The molecule has 0 aliphatic heterocycles. The third-order valence-corrected chi connectivity index (χ3v) is 4.32. The Bertz CT molecular complexity index is 593. The van der Waals surface area contributed by atoms with Crippen molar-refractivity contribution in [1.29, 1.82) is 0 Å². The summed E-state index contributed by atoms with van der Waals surface area (Å²) in [6.07, 6.45) is 11.9. The predicted molar refractivity (Wildman–Crippen MR) is 90.5 cm³/mol. The number of rotatable bonds is 9. The molecule has 112 valence electrons. The Morgan fingerprint density at radius 3 is 2.90 bits per heavy atom. The quantitative estimate of drug-likeness (QED) is 0.524. The second-order valence-electron chi connectivity index (χ2n) is 6.20. The minimum absolute atomic E-state index is 0.775. The van der Waals surface area contributed by atoms with E-state index >= 15 is 0 Å². The van der Waals surface area contributed by atoms with E-state index in [4.69, 9.17) is 0 Å². The molecule has 0 saturated heterocycles. The average Bonchev–Trinajstić information content (AvgIpc) is 3.25. The Kier molecular flexibility index (Phi) is 4.76. The van der Waals surface area contributed by atoms with Crippen LogP contribution in [-0.2, 0) is 13.1 Å². The number of nitrogens with zero attached hydrogens (tertiary/aromatic N) is 1. The number of benzene rings is 1. The van der Waals surface area contributed by atoms with E-state index < -0.39 is 0 Å². The highest BCUT2D eigenvalue weighted by Gasteiger charge is 2.19. The van der Waals surface area contributed by atoms with Gasteiger partial charge < -0.3 is 9.88 Å². The van der Waals surface area contributed by atoms with Gasteiger partial charge in [0.1, 0.15) is 0 Å². The number of hydrogen-bond acceptors (Lipinski definition) is 1. The number of allylic oxidation sites excluding steroid dienone is 1. The molecular formula is C19H26N2. The molecule has 1 saturated carbocycles. The lowest BCUT2D eigenvalue weighted by Crippen LogP contribution is -2.15. The van der Waals surface area contributed by atoms with Crippen LogP contribution in [-0.4, -0.2) is 10.6 Å². The van der Waals surface area contributed by atoms with E-state index in [1.165, 1.54) is 48.6 Å². The van der Waals surface area contributed by atoms with Crippen molar-refractivity contribution >= 4 is 10.9 Å². The largest absolute Gasteiger partial charge is 0.347 e. The number of aryl methyl sites for hydroxylation is 1. The second-order valence-corrected chi connectivity index (χ2v) is 6.20. The molecule has 3 rings (SSSR count). The molecule has 0 amide bonds. The summed E-state index contributed by atoms with van der Waals surface area (Å²) in [5.74, 6) is 0. The maximum absolute atomic E-state index is 3.78. The Labute approximate surface area is 127 Å². The summed E-state index contributed by atoms with van der Waals surface area (Å²) in [5, 5.41) is 4.95. The van der Waals surface area contributed by atoms with E-state index in [-0.39, 0.29) is 0 Å². The molecule has 1 fully saturated rings. The van der Waals surface area contributed by atoms with Crippen LogP contribution in [0.2, 0.25) is 0 Å². The lowest BCUT2D eigenvalue weighted by molar-refractivity contribution is 0.603. The average molecular weight is 282 g/mol. The number of aromatic nitrogens is 1. The van der Waals surface area contributed by atoms with Crippen LogP contribution in [0, 0.1) is 0 Å². The van der Waals surface area contributed by atoms with Crippen LogP contribution in [0.3, 0.4) is 0 Å². The van der Waals surface area contributed by atoms with Crippen LogP contribution < -0.4 is 5.32 Å². The number of hydrogen-bond donors (Lipinski definition) is 1. The van der Waals surface area contributed by atoms with Gasteiger partial charge >= 0.3 is 0 Å². The first-order valence-corrected chi connectivity index (χ1v) is 8.29. The highest BCUT2D eigenvalue weighted by molar-refractivity contribution is 5.80. The van der Waals surface area contributed by atoms with Crippen LogP contribution in [0.25, 0.3) is 10.9 Å². The fraction of sp³-hybridized carbons (Fsp3) is 0.474. The zero-order chi connectivity index (χ0) is 14.5. The van der Waals surface area contributed by atoms with Gasteiger partial charge in [-0.3, -0.25) is 0 Å². The van der Waals surface area contributed by atoms with Gasteiger partial charge in [0.15, 0.2) is 0 Å². The molecule has 1 aromatic heterocycles. The predicted octanol–water partition coefficient (Wildman–Crippen LogP) is 4.64. The van der Waals surface area contributed by atoms with Crippen molar-refractivity contribution in [1.82, 2.24) is 9.88 Å². The van der Waals surface area contributed by atoms with Crippen molar-refractivity contribution in [2.45, 2.75) is 57.7 Å². The summed E-state index contributed by atoms with van der Waals surface area (Å²) in [6, 6.07) is 9.88. The van der Waals surface area contributed by atoms with Crippen molar-refractivity contribution in [3.63, 3.8) is 0 Å². The van der Waals surface area contributed by atoms with Crippen molar-refractivity contribution < 1.29 is 0 Å². The van der Waals surface area contributed by atoms with Crippen LogP contribution in [0.1, 0.15) is 44.1 Å². The molecule has 2 nitrogen and oxygen atoms in total. The summed E-state index contributed by atoms with van der Waals surface area (Å²) < 4.78 is 2.41. The Morgan fingerprint density at radius 1 is 1.19 bits per heavy atom. The first-order valence-electron chi connectivity index (χ1n) is 8.29. The smallest absolute Gasteiger partial charge is 0.0483 e. The van der Waals surface area contributed by atoms with Gasteiger partial charge in [-0.15, -0.1) is 6.58 Å². The highest BCUT2D eigenvalue weighted by Crippen LogP contribution is 2.21. The van der Waals surface area contributed by atoms with E-state index in [1.54, 1.807) is 0 Å². The maximum Gasteiger partial charge on any atom is 0.0483 e. The van der Waals surface area contributed by atoms with Crippen LogP contribution in [0.5, 0.6) is 0 Å². The zero-order valence-electron chi connectivity index (χ0n) is 12.9. The molecule has 0 spiro atoms. The van der Waals surface area contributed by atoms with E-state index in [9.17, 15) is 0 Å². The first kappa shape index (κ1) is 14.4. The molecular weight excluding hydrogens is 256 g/mol. The second kappa shape index (κ2) is 6.95. The number of fused-ring (bicyclic) bond motifs is 1. The molecule has 1 N–H and O–H groups in total. The fourth-order valence-corrected chi connectivity index (χ4v) is 2.83. The minimum atomic E-state index is 0.775. The van der Waals surface area contributed by atoms with Gasteiger partial charge in [0.25, 0.3) is 0 Å². The monoisotopic (exact) mass is 282 g/mol. The molecule has 21 heavy (non-hydrogen) atoms. The standard InChI is InChI=1S/C19H26N2/c1-2-3-4-5-6-12-21-13-11-17-8-7-16(14-19(17)21)15-20-18-9-10-18/h2,7-8,11,13-14,18,20H,1,3-6,9-10,12,15H2. The SMILES string of the molecule is C=CCCCCCn1ccc2ccc(CNC3CC3)cc21. The van der Waals surface area contributed by atoms with E-state index in [2.05, 4.69) is 46.9 Å². The number of nitrogens with one attached hydrogen (secondary N) is 1. The molecule has 2 heteroatoms. The maximum atomic E-state index is 3.78. The Hall–Kier alpha value is -1.54. The Balaban J connectivity index is 1.60. The topological polar surface area (TPSA) is 17.0 Å². The van der Waals surface area contributed by atoms with Gasteiger partial charge in [-0.05, 0) is 55.2 Å². The van der Waals surface area contributed by atoms with Crippen LogP contribution in [0.15, 0.2) is 43.1 Å². The van der Waals surface area contributed by atoms with E-state index in [1.807, 2.05) is 6.08 Å². The molecule has 0 radical (unpaired) electrons. The third kappa shape index (κ3) is 3.98. The van der Waals surface area contributed by atoms with Gasteiger partial charge in [0.05, 0.1) is 0 Å². The molecule has 0 atom stereocenters. The van der Waals surface area contributed by atoms with Crippen molar-refractivity contribution in [3.05, 3.63) is 48.7 Å². The summed E-state index contributed by atoms with van der Waals surface area (Å²) in [7, 11) is 0. The zero-order valence-corrected chi connectivity index (χ0v) is 12.9. The molecule has 1 aromatic carbocycles. The van der Waals surface area contributed by atoms with Crippen LogP contribution >= 0.6 is 0 Å². The lowest BCUT2D eigenvalue weighted by Gasteiger charge is -2.08. The van der Waals surface area contributed by atoms with Crippen molar-refractivity contribution in [3.8, 4) is 0 Å². The van der Waals surface area contributed by atoms with Crippen LogP contribution in [0.4, 0.5) is 0 Å². The minimum Gasteiger partial charge on any atom is -0.347 e. The van der Waals surface area contributed by atoms with Gasteiger partial charge in [-0.2, -0.15) is 0 Å². The van der Waals surface area contributed by atoms with Crippen molar-refractivity contribution in [2.24, 2.45) is 0 Å².